The van der Waals surface area contributed by atoms with Crippen LogP contribution in [0.2, 0.25) is 0 Å². The molecule has 0 radical (unpaired) electrons. The average Bonchev–Trinajstić information content (AvgIpc) is 2.85. The van der Waals surface area contributed by atoms with E-state index in [0.717, 1.165) is 51.0 Å². The van der Waals surface area contributed by atoms with E-state index in [-0.39, 0.29) is 11.3 Å². The molecule has 4 rings (SSSR count). The molecule has 1 aromatic rings. The van der Waals surface area contributed by atoms with Crippen LogP contribution in [0.3, 0.4) is 0 Å². The third-order valence-electron chi connectivity index (χ3n) is 8.44. The third kappa shape index (κ3) is 7.07. The lowest BCUT2D eigenvalue weighted by Crippen LogP contribution is -2.52. The van der Waals surface area contributed by atoms with Crippen molar-refractivity contribution in [1.29, 1.82) is 0 Å². The Morgan fingerprint density at radius 3 is 2.29 bits per heavy atom. The second-order valence-electron chi connectivity index (χ2n) is 11.4. The van der Waals surface area contributed by atoms with Crippen LogP contribution in [0.15, 0.2) is 24.3 Å². The number of piperidine rings is 1. The summed E-state index contributed by atoms with van der Waals surface area (Å²) in [6, 6.07) is 7.92. The van der Waals surface area contributed by atoms with Crippen molar-refractivity contribution in [1.82, 2.24) is 10.2 Å². The zero-order valence-electron chi connectivity index (χ0n) is 21.6. The fourth-order valence-corrected chi connectivity index (χ4v) is 6.43. The van der Waals surface area contributed by atoms with Crippen LogP contribution in [-0.2, 0) is 9.59 Å². The molecule has 1 amide bonds. The van der Waals surface area contributed by atoms with E-state index in [9.17, 15) is 14.7 Å². The standard InChI is InChI=1S/C21H32N2O2.C8H14O/c1-21(2)14-23(20(25)17-6-4-5-7-19(17)22-3)13-12-18(21)15-8-10-16(24)11-9-15;9-7-6-8-4-2-1-3-5-8/h8-11,17-19,22,24H,4-7,12-14H2,1-3H3;7-8H,1-6H2. The molecule has 0 spiro atoms. The van der Waals surface area contributed by atoms with Gasteiger partial charge in [-0.25, -0.2) is 0 Å². The summed E-state index contributed by atoms with van der Waals surface area (Å²) in [7, 11) is 1.98. The summed E-state index contributed by atoms with van der Waals surface area (Å²) >= 11 is 0. The van der Waals surface area contributed by atoms with Gasteiger partial charge in [0, 0.05) is 25.6 Å². The van der Waals surface area contributed by atoms with Crippen LogP contribution in [0.4, 0.5) is 0 Å². The Hall–Kier alpha value is -1.88. The van der Waals surface area contributed by atoms with E-state index in [1.54, 1.807) is 12.1 Å². The number of phenolic OH excluding ortho intramolecular Hbond substituents is 1. The molecule has 3 unspecified atom stereocenters. The van der Waals surface area contributed by atoms with Gasteiger partial charge >= 0.3 is 0 Å². The minimum Gasteiger partial charge on any atom is -0.508 e. The normalized spacial score (nSPS) is 27.4. The van der Waals surface area contributed by atoms with Crippen molar-refractivity contribution in [3.8, 4) is 5.75 Å². The highest BCUT2D eigenvalue weighted by molar-refractivity contribution is 5.80. The van der Waals surface area contributed by atoms with Gasteiger partial charge in [-0.3, -0.25) is 4.79 Å². The van der Waals surface area contributed by atoms with Crippen molar-refractivity contribution in [2.45, 2.75) is 96.4 Å². The highest BCUT2D eigenvalue weighted by Gasteiger charge is 2.41. The lowest BCUT2D eigenvalue weighted by Gasteiger charge is -2.46. The molecular formula is C29H46N2O3. The van der Waals surface area contributed by atoms with Gasteiger partial charge in [0.1, 0.15) is 12.0 Å². The monoisotopic (exact) mass is 470 g/mol. The second kappa shape index (κ2) is 12.7. The maximum Gasteiger partial charge on any atom is 0.227 e. The van der Waals surface area contributed by atoms with Gasteiger partial charge < -0.3 is 20.1 Å². The maximum absolute atomic E-state index is 13.2. The fourth-order valence-electron chi connectivity index (χ4n) is 6.43. The van der Waals surface area contributed by atoms with E-state index in [0.29, 0.717) is 23.6 Å². The van der Waals surface area contributed by atoms with Crippen molar-refractivity contribution < 1.29 is 14.7 Å². The summed E-state index contributed by atoms with van der Waals surface area (Å²) < 4.78 is 0. The highest BCUT2D eigenvalue weighted by atomic mass is 16.3. The number of phenols is 1. The van der Waals surface area contributed by atoms with Crippen LogP contribution in [-0.4, -0.2) is 48.4 Å². The van der Waals surface area contributed by atoms with Gasteiger partial charge in [-0.05, 0) is 61.3 Å². The van der Waals surface area contributed by atoms with Gasteiger partial charge in [-0.15, -0.1) is 0 Å². The number of carbonyl (C=O) groups excluding carboxylic acids is 2. The van der Waals surface area contributed by atoms with Crippen molar-refractivity contribution in [3.63, 3.8) is 0 Å². The molecule has 3 atom stereocenters. The number of carbonyl (C=O) groups is 2. The van der Waals surface area contributed by atoms with Crippen LogP contribution in [0.1, 0.15) is 96.0 Å². The molecular weight excluding hydrogens is 424 g/mol. The molecule has 34 heavy (non-hydrogen) atoms. The smallest absolute Gasteiger partial charge is 0.227 e. The van der Waals surface area contributed by atoms with Crippen molar-refractivity contribution >= 4 is 12.2 Å². The molecule has 2 saturated carbocycles. The SMILES string of the molecule is CNC1CCCCC1C(=O)N1CCC(c2ccc(O)cc2)C(C)(C)C1.O=CCC1CCCCC1. The van der Waals surface area contributed by atoms with Crippen LogP contribution in [0, 0.1) is 17.3 Å². The van der Waals surface area contributed by atoms with Gasteiger partial charge in [-0.2, -0.15) is 0 Å². The Bertz CT molecular complexity index is 770. The molecule has 1 saturated heterocycles. The van der Waals surface area contributed by atoms with Crippen molar-refractivity contribution in [2.24, 2.45) is 17.3 Å². The summed E-state index contributed by atoms with van der Waals surface area (Å²) in [5.41, 5.74) is 1.30. The molecule has 1 aromatic carbocycles. The molecule has 190 valence electrons. The Morgan fingerprint density at radius 1 is 1.03 bits per heavy atom. The first-order valence-corrected chi connectivity index (χ1v) is 13.5. The van der Waals surface area contributed by atoms with Gasteiger partial charge in [0.25, 0.3) is 0 Å². The van der Waals surface area contributed by atoms with E-state index in [2.05, 4.69) is 24.1 Å². The number of rotatable bonds is 5. The predicted octanol–water partition coefficient (Wildman–Crippen LogP) is 5.67. The van der Waals surface area contributed by atoms with Crippen molar-refractivity contribution in [3.05, 3.63) is 29.8 Å². The van der Waals surface area contributed by atoms with E-state index in [1.807, 2.05) is 19.2 Å². The van der Waals surface area contributed by atoms with E-state index in [4.69, 9.17) is 0 Å². The molecule has 5 nitrogen and oxygen atoms in total. The number of amides is 1. The first-order chi connectivity index (χ1) is 16.4. The topological polar surface area (TPSA) is 69.6 Å². The molecule has 0 aromatic heterocycles. The predicted molar refractivity (Wildman–Crippen MR) is 138 cm³/mol. The van der Waals surface area contributed by atoms with E-state index in [1.165, 1.54) is 50.5 Å². The number of benzene rings is 1. The lowest BCUT2D eigenvalue weighted by molar-refractivity contribution is -0.141. The van der Waals surface area contributed by atoms with Crippen LogP contribution < -0.4 is 5.32 Å². The molecule has 1 heterocycles. The molecule has 3 aliphatic rings. The number of hydrogen-bond donors (Lipinski definition) is 2. The van der Waals surface area contributed by atoms with Gasteiger partial charge in [0.15, 0.2) is 0 Å². The molecule has 2 N–H and O–H groups in total. The fraction of sp³-hybridized carbons (Fsp3) is 0.724. The van der Waals surface area contributed by atoms with Gasteiger partial charge in [0.05, 0.1) is 5.92 Å². The highest BCUT2D eigenvalue weighted by Crippen LogP contribution is 2.43. The van der Waals surface area contributed by atoms with Gasteiger partial charge in [0.2, 0.25) is 5.91 Å². The number of hydrogen-bond acceptors (Lipinski definition) is 4. The Balaban J connectivity index is 0.000000302. The molecule has 3 fully saturated rings. The molecule has 5 heteroatoms. The van der Waals surface area contributed by atoms with Gasteiger partial charge in [-0.1, -0.05) is 70.9 Å². The summed E-state index contributed by atoms with van der Waals surface area (Å²) in [4.78, 5) is 25.3. The molecule has 2 aliphatic carbocycles. The summed E-state index contributed by atoms with van der Waals surface area (Å²) in [5, 5.41) is 12.9. The minimum atomic E-state index is 0.0364. The van der Waals surface area contributed by atoms with Crippen LogP contribution in [0.25, 0.3) is 0 Å². The first-order valence-electron chi connectivity index (χ1n) is 13.5. The second-order valence-corrected chi connectivity index (χ2v) is 11.4. The molecule has 0 bridgehead atoms. The summed E-state index contributed by atoms with van der Waals surface area (Å²) in [5.74, 6) is 1.94. The van der Waals surface area contributed by atoms with E-state index < -0.39 is 0 Å². The van der Waals surface area contributed by atoms with Crippen LogP contribution in [0.5, 0.6) is 5.75 Å². The van der Waals surface area contributed by atoms with Crippen molar-refractivity contribution in [2.75, 3.05) is 20.1 Å². The minimum absolute atomic E-state index is 0.0364. The summed E-state index contributed by atoms with van der Waals surface area (Å²) in [6.45, 7) is 6.17. The Labute approximate surface area is 206 Å². The summed E-state index contributed by atoms with van der Waals surface area (Å²) in [6.07, 6.45) is 14.0. The number of likely N-dealkylation sites (tertiary alicyclic amines) is 1. The average molecular weight is 471 g/mol. The lowest BCUT2D eigenvalue weighted by atomic mass is 9.70. The first kappa shape index (κ1) is 26.7. The zero-order valence-corrected chi connectivity index (χ0v) is 21.6. The number of nitrogens with one attached hydrogen (secondary N) is 1. The van der Waals surface area contributed by atoms with Crippen LogP contribution >= 0.6 is 0 Å². The third-order valence-corrected chi connectivity index (χ3v) is 8.44. The molecule has 1 aliphatic heterocycles. The number of nitrogens with zero attached hydrogens (tertiary/aromatic N) is 1. The Kier molecular flexibility index (Phi) is 9.99. The maximum atomic E-state index is 13.2. The Morgan fingerprint density at radius 2 is 1.68 bits per heavy atom. The number of aromatic hydroxyl groups is 1. The number of aldehydes is 1. The zero-order chi connectivity index (χ0) is 24.6. The largest absolute Gasteiger partial charge is 0.508 e. The van der Waals surface area contributed by atoms with E-state index >= 15 is 0 Å². The quantitative estimate of drug-likeness (QED) is 0.544.